The van der Waals surface area contributed by atoms with Crippen molar-refractivity contribution < 1.29 is 65.2 Å². The molecule has 3 N–H and O–H groups in total. The standard InChI is InChI=1S/C12H18F6O3.C10H14.C9H18O3.C6H9NO2/c1-5-9(3,4)8(19)21-7(2)6-10(20,11(13,14)15)12(16,17)18;1-3-9(2)10-7-5-4-6-8-10;1-5-9(3,4)8(11)12-6-7(2)10;1-3-4(2)6(9)7-5(3)8/h7,20H,5-6H2,1-4H3;4-9H,3H2,1-2H3;7,10H,5-6H2,1-4H3;3-4H,1-2H3,(H,7,8,9). The Kier molecular flexibility index (Phi) is 21.0. The molecule has 1 aliphatic heterocycles. The molecule has 9 nitrogen and oxygen atoms in total. The Bertz CT molecular complexity index is 1220. The van der Waals surface area contributed by atoms with Crippen LogP contribution in [-0.4, -0.2) is 70.7 Å². The molecular formula is C37H59F6NO8. The summed E-state index contributed by atoms with van der Waals surface area (Å²) in [6.07, 6.45) is -13.7. The molecule has 2 amide bonds. The summed E-state index contributed by atoms with van der Waals surface area (Å²) >= 11 is 0. The zero-order chi connectivity index (χ0) is 41.5. The lowest BCUT2D eigenvalue weighted by atomic mass is 9.90. The molecule has 0 saturated carbocycles. The molecule has 1 aliphatic rings. The van der Waals surface area contributed by atoms with E-state index in [0.717, 1.165) is 13.3 Å². The number of carbonyl (C=O) groups excluding carboxylic acids is 4. The lowest BCUT2D eigenvalue weighted by Gasteiger charge is -2.34. The number of hydrogen-bond acceptors (Lipinski definition) is 8. The molecule has 5 unspecified atom stereocenters. The van der Waals surface area contributed by atoms with Gasteiger partial charge in [0.05, 0.1) is 16.9 Å². The van der Waals surface area contributed by atoms with Gasteiger partial charge in [-0.25, -0.2) is 0 Å². The van der Waals surface area contributed by atoms with Crippen molar-refractivity contribution in [1.29, 1.82) is 0 Å². The van der Waals surface area contributed by atoms with Crippen LogP contribution in [0, 0.1) is 22.7 Å². The fourth-order valence-electron chi connectivity index (χ4n) is 3.69. The van der Waals surface area contributed by atoms with Crippen LogP contribution in [-0.2, 0) is 28.7 Å². The number of aliphatic hydroxyl groups is 2. The maximum atomic E-state index is 12.5. The largest absolute Gasteiger partial charge is 0.463 e. The van der Waals surface area contributed by atoms with Crippen molar-refractivity contribution in [2.75, 3.05) is 6.61 Å². The summed E-state index contributed by atoms with van der Waals surface area (Å²) in [5.41, 5.74) is -4.95. The van der Waals surface area contributed by atoms with Gasteiger partial charge in [0, 0.05) is 18.3 Å². The van der Waals surface area contributed by atoms with Crippen LogP contribution in [0.5, 0.6) is 0 Å². The Morgan fingerprint density at radius 1 is 0.788 bits per heavy atom. The van der Waals surface area contributed by atoms with Gasteiger partial charge in [0.2, 0.25) is 11.8 Å². The van der Waals surface area contributed by atoms with Crippen molar-refractivity contribution in [1.82, 2.24) is 5.32 Å². The minimum atomic E-state index is -5.92. The second kappa shape index (κ2) is 21.5. The van der Waals surface area contributed by atoms with Crippen LogP contribution in [0.25, 0.3) is 0 Å². The molecule has 2 rings (SSSR count). The highest BCUT2D eigenvalue weighted by molar-refractivity contribution is 6.04. The predicted octanol–water partition coefficient (Wildman–Crippen LogP) is 8.06. The van der Waals surface area contributed by atoms with Crippen LogP contribution in [0.2, 0.25) is 0 Å². The third-order valence-corrected chi connectivity index (χ3v) is 8.96. The minimum Gasteiger partial charge on any atom is -0.463 e. The molecule has 15 heteroatoms. The molecule has 5 atom stereocenters. The average Bonchev–Trinajstić information content (AvgIpc) is 3.27. The molecule has 0 radical (unpaired) electrons. The van der Waals surface area contributed by atoms with E-state index >= 15 is 0 Å². The van der Waals surface area contributed by atoms with Crippen molar-refractivity contribution in [3.8, 4) is 0 Å². The van der Waals surface area contributed by atoms with Crippen molar-refractivity contribution in [2.45, 2.75) is 145 Å². The summed E-state index contributed by atoms with van der Waals surface area (Å²) in [5, 5.41) is 20.1. The topological polar surface area (TPSA) is 139 Å². The molecule has 1 heterocycles. The van der Waals surface area contributed by atoms with Crippen LogP contribution < -0.4 is 5.32 Å². The number of esters is 2. The molecule has 0 aliphatic carbocycles. The zero-order valence-electron chi connectivity index (χ0n) is 32.4. The molecule has 0 spiro atoms. The first-order chi connectivity index (χ1) is 23.4. The number of imide groups is 1. The molecular weight excluding hydrogens is 700 g/mol. The van der Waals surface area contributed by atoms with Gasteiger partial charge < -0.3 is 19.7 Å². The first-order valence-corrected chi connectivity index (χ1v) is 17.3. The van der Waals surface area contributed by atoms with Gasteiger partial charge in [0.25, 0.3) is 5.60 Å². The van der Waals surface area contributed by atoms with Crippen molar-refractivity contribution in [2.24, 2.45) is 22.7 Å². The summed E-state index contributed by atoms with van der Waals surface area (Å²) in [5.74, 6) is -1.04. The zero-order valence-corrected chi connectivity index (χ0v) is 32.4. The summed E-state index contributed by atoms with van der Waals surface area (Å²) in [6, 6.07) is 10.6. The maximum absolute atomic E-state index is 12.5. The van der Waals surface area contributed by atoms with Crippen molar-refractivity contribution >= 4 is 23.8 Å². The lowest BCUT2D eigenvalue weighted by Crippen LogP contribution is -2.58. The van der Waals surface area contributed by atoms with Gasteiger partial charge in [-0.2, -0.15) is 26.3 Å². The monoisotopic (exact) mass is 759 g/mol. The van der Waals surface area contributed by atoms with Crippen LogP contribution >= 0.6 is 0 Å². The summed E-state index contributed by atoms with van der Waals surface area (Å²) in [4.78, 5) is 44.2. The molecule has 1 aromatic carbocycles. The Hall–Kier alpha value is -3.20. The first kappa shape index (κ1) is 50.9. The lowest BCUT2D eigenvalue weighted by molar-refractivity contribution is -0.373. The molecule has 1 saturated heterocycles. The van der Waals surface area contributed by atoms with E-state index < -0.39 is 53.4 Å². The van der Waals surface area contributed by atoms with Crippen LogP contribution in [0.1, 0.15) is 120 Å². The molecule has 1 fully saturated rings. The third-order valence-electron chi connectivity index (χ3n) is 8.96. The second-order valence-corrected chi connectivity index (χ2v) is 14.3. The number of aliphatic hydroxyl groups excluding tert-OH is 1. The van der Waals surface area contributed by atoms with E-state index in [1.54, 1.807) is 27.7 Å². The highest BCUT2D eigenvalue weighted by atomic mass is 19.4. The van der Waals surface area contributed by atoms with Crippen molar-refractivity contribution in [3.63, 3.8) is 0 Å². The molecule has 52 heavy (non-hydrogen) atoms. The van der Waals surface area contributed by atoms with E-state index in [9.17, 15) is 45.5 Å². The highest BCUT2D eigenvalue weighted by Gasteiger charge is 2.70. The predicted molar refractivity (Wildman–Crippen MR) is 185 cm³/mol. The van der Waals surface area contributed by atoms with Gasteiger partial charge in [-0.1, -0.05) is 71.9 Å². The van der Waals surface area contributed by atoms with Gasteiger partial charge in [-0.15, -0.1) is 0 Å². The van der Waals surface area contributed by atoms with Crippen LogP contribution in [0.4, 0.5) is 26.3 Å². The summed E-state index contributed by atoms with van der Waals surface area (Å²) in [7, 11) is 0. The Labute approximate surface area is 304 Å². The molecule has 302 valence electrons. The normalized spacial score (nSPS) is 18.2. The fraction of sp³-hybridized carbons (Fsp3) is 0.730. The van der Waals surface area contributed by atoms with E-state index in [2.05, 4.69) is 54.2 Å². The second-order valence-electron chi connectivity index (χ2n) is 14.3. The number of halogens is 6. The quantitative estimate of drug-likeness (QED) is 0.117. The minimum absolute atomic E-state index is 0.0856. The van der Waals surface area contributed by atoms with E-state index in [1.807, 2.05) is 20.8 Å². The number of alkyl halides is 6. The number of carbonyl (C=O) groups is 4. The van der Waals surface area contributed by atoms with Gasteiger partial charge in [-0.05, 0) is 72.3 Å². The van der Waals surface area contributed by atoms with Gasteiger partial charge in [-0.3, -0.25) is 24.5 Å². The maximum Gasteiger partial charge on any atom is 0.426 e. The number of hydrogen-bond donors (Lipinski definition) is 3. The van der Waals surface area contributed by atoms with Crippen molar-refractivity contribution in [3.05, 3.63) is 35.9 Å². The summed E-state index contributed by atoms with van der Waals surface area (Å²) < 4.78 is 84.4. The number of ether oxygens (including phenoxy) is 2. The number of amides is 2. The molecule has 1 aromatic rings. The van der Waals surface area contributed by atoms with Crippen LogP contribution in [0.15, 0.2) is 30.3 Å². The Balaban J connectivity index is 0. The number of rotatable bonds is 11. The SMILES string of the molecule is CC1C(=O)NC(=O)C1C.CCC(C)(C)C(=O)OC(C)CC(O)(C(F)(F)F)C(F)(F)F.CCC(C)(C)C(=O)OCC(C)O.CCC(C)c1ccccc1. The first-order valence-electron chi connectivity index (χ1n) is 17.3. The Morgan fingerprint density at radius 2 is 1.19 bits per heavy atom. The number of benzene rings is 1. The smallest absolute Gasteiger partial charge is 0.426 e. The van der Waals surface area contributed by atoms with E-state index in [-0.39, 0.29) is 36.2 Å². The highest BCUT2D eigenvalue weighted by Crippen LogP contribution is 2.46. The number of nitrogens with one attached hydrogen (secondary N) is 1. The Morgan fingerprint density at radius 3 is 1.50 bits per heavy atom. The van der Waals surface area contributed by atoms with Gasteiger partial charge in [0.15, 0.2) is 0 Å². The van der Waals surface area contributed by atoms with E-state index in [4.69, 9.17) is 14.9 Å². The summed E-state index contributed by atoms with van der Waals surface area (Å²) in [6.45, 7) is 20.6. The van der Waals surface area contributed by atoms with E-state index in [0.29, 0.717) is 12.3 Å². The molecule has 0 bridgehead atoms. The van der Waals surface area contributed by atoms with E-state index in [1.165, 1.54) is 25.8 Å². The van der Waals surface area contributed by atoms with Gasteiger partial charge >= 0.3 is 24.3 Å². The average molecular weight is 760 g/mol. The third kappa shape index (κ3) is 16.6. The van der Waals surface area contributed by atoms with Crippen LogP contribution in [0.3, 0.4) is 0 Å². The fourth-order valence-corrected chi connectivity index (χ4v) is 3.69. The molecule has 0 aromatic heterocycles. The van der Waals surface area contributed by atoms with Gasteiger partial charge in [0.1, 0.15) is 12.7 Å².